The highest BCUT2D eigenvalue weighted by molar-refractivity contribution is 9.10. The second kappa shape index (κ2) is 5.92. The van der Waals surface area contributed by atoms with Gasteiger partial charge in [-0.2, -0.15) is 0 Å². The molecule has 2 N–H and O–H groups in total. The monoisotopic (exact) mass is 326 g/mol. The van der Waals surface area contributed by atoms with Gasteiger partial charge in [0.2, 0.25) is 0 Å². The van der Waals surface area contributed by atoms with Crippen molar-refractivity contribution in [1.29, 1.82) is 0 Å². The van der Waals surface area contributed by atoms with E-state index in [-0.39, 0.29) is 12.0 Å². The molecule has 1 aromatic rings. The Morgan fingerprint density at radius 1 is 1.53 bits per heavy atom. The van der Waals surface area contributed by atoms with Crippen molar-refractivity contribution < 1.29 is 9.53 Å². The van der Waals surface area contributed by atoms with Gasteiger partial charge in [-0.05, 0) is 43.1 Å². The minimum atomic E-state index is -0.360. The summed E-state index contributed by atoms with van der Waals surface area (Å²) in [5, 5.41) is 0. The van der Waals surface area contributed by atoms with Crippen LogP contribution in [0.3, 0.4) is 0 Å². The molecule has 1 fully saturated rings. The number of aryl methyl sites for hydroxylation is 1. The molecule has 19 heavy (non-hydrogen) atoms. The Morgan fingerprint density at radius 2 is 2.26 bits per heavy atom. The maximum Gasteiger partial charge on any atom is 0.263 e. The number of nitrogens with zero attached hydrogens (tertiary/aromatic N) is 1. The van der Waals surface area contributed by atoms with Gasteiger partial charge in [0.05, 0.1) is 0 Å². The summed E-state index contributed by atoms with van der Waals surface area (Å²) >= 11 is 3.48. The maximum atomic E-state index is 11.9. The number of carbonyl (C=O) groups excluding carboxylic acids is 1. The van der Waals surface area contributed by atoms with Crippen LogP contribution in [0.25, 0.3) is 0 Å². The molecular weight excluding hydrogens is 308 g/mol. The normalized spacial score (nSPS) is 19.1. The SMILES string of the molecule is Cc1cc(Br)cc(CCN)c1OC1CCN(C)C1=O. The first-order valence-corrected chi connectivity index (χ1v) is 7.23. The molecule has 1 unspecified atom stereocenters. The van der Waals surface area contributed by atoms with Crippen molar-refractivity contribution in [2.75, 3.05) is 20.1 Å². The number of rotatable bonds is 4. The molecule has 0 aliphatic carbocycles. The molecule has 5 heteroatoms. The average Bonchev–Trinajstić information content (AvgIpc) is 2.65. The number of benzene rings is 1. The first kappa shape index (κ1) is 14.3. The van der Waals surface area contributed by atoms with Gasteiger partial charge < -0.3 is 15.4 Å². The summed E-state index contributed by atoms with van der Waals surface area (Å²) in [5.41, 5.74) is 7.72. The zero-order valence-corrected chi connectivity index (χ0v) is 12.9. The fourth-order valence-corrected chi connectivity index (χ4v) is 2.97. The predicted molar refractivity (Wildman–Crippen MR) is 78.3 cm³/mol. The van der Waals surface area contributed by atoms with Gasteiger partial charge in [0.15, 0.2) is 6.10 Å². The fraction of sp³-hybridized carbons (Fsp3) is 0.500. The lowest BCUT2D eigenvalue weighted by molar-refractivity contribution is -0.132. The standard InChI is InChI=1S/C14H19BrN2O2/c1-9-7-11(15)8-10(3-5-16)13(9)19-12-4-6-17(2)14(12)18/h7-8,12H,3-6,16H2,1-2H3. The average molecular weight is 327 g/mol. The van der Waals surface area contributed by atoms with E-state index in [4.69, 9.17) is 10.5 Å². The van der Waals surface area contributed by atoms with Crippen LogP contribution in [0.1, 0.15) is 17.5 Å². The number of nitrogens with two attached hydrogens (primary N) is 1. The van der Waals surface area contributed by atoms with Gasteiger partial charge in [-0.1, -0.05) is 15.9 Å². The molecule has 1 aliphatic heterocycles. The first-order valence-electron chi connectivity index (χ1n) is 6.43. The van der Waals surface area contributed by atoms with E-state index < -0.39 is 0 Å². The van der Waals surface area contributed by atoms with Gasteiger partial charge in [0.1, 0.15) is 5.75 Å². The number of ether oxygens (including phenoxy) is 1. The third kappa shape index (κ3) is 3.09. The Balaban J connectivity index is 2.26. The van der Waals surface area contributed by atoms with Gasteiger partial charge in [-0.3, -0.25) is 4.79 Å². The highest BCUT2D eigenvalue weighted by atomic mass is 79.9. The van der Waals surface area contributed by atoms with Crippen LogP contribution in [0.15, 0.2) is 16.6 Å². The first-order chi connectivity index (χ1) is 9.02. The molecule has 0 aromatic heterocycles. The van der Waals surface area contributed by atoms with E-state index in [1.807, 2.05) is 19.1 Å². The van der Waals surface area contributed by atoms with E-state index in [2.05, 4.69) is 15.9 Å². The van der Waals surface area contributed by atoms with Gasteiger partial charge in [0, 0.05) is 24.5 Å². The molecule has 2 rings (SSSR count). The summed E-state index contributed by atoms with van der Waals surface area (Å²) in [6.45, 7) is 3.30. The summed E-state index contributed by atoms with van der Waals surface area (Å²) in [6.07, 6.45) is 1.13. The fourth-order valence-electron chi connectivity index (χ4n) is 2.35. The molecule has 1 aromatic carbocycles. The molecule has 0 radical (unpaired) electrons. The third-order valence-corrected chi connectivity index (χ3v) is 3.83. The van der Waals surface area contributed by atoms with E-state index in [0.717, 1.165) is 40.7 Å². The largest absolute Gasteiger partial charge is 0.480 e. The van der Waals surface area contributed by atoms with Crippen LogP contribution in [0.4, 0.5) is 0 Å². The number of hydrogen-bond acceptors (Lipinski definition) is 3. The molecule has 4 nitrogen and oxygen atoms in total. The van der Waals surface area contributed by atoms with Crippen molar-refractivity contribution in [2.24, 2.45) is 5.73 Å². The molecule has 1 aliphatic rings. The Kier molecular flexibility index (Phi) is 4.47. The second-order valence-corrected chi connectivity index (χ2v) is 5.82. The summed E-state index contributed by atoms with van der Waals surface area (Å²) in [5.74, 6) is 0.864. The van der Waals surface area contributed by atoms with E-state index in [9.17, 15) is 4.79 Å². The topological polar surface area (TPSA) is 55.6 Å². The van der Waals surface area contributed by atoms with Crippen LogP contribution in [-0.2, 0) is 11.2 Å². The van der Waals surface area contributed by atoms with Crippen LogP contribution in [-0.4, -0.2) is 37.0 Å². The van der Waals surface area contributed by atoms with Crippen molar-refractivity contribution in [1.82, 2.24) is 4.90 Å². The lowest BCUT2D eigenvalue weighted by Crippen LogP contribution is -2.30. The second-order valence-electron chi connectivity index (χ2n) is 4.90. The molecule has 1 saturated heterocycles. The molecule has 0 bridgehead atoms. The highest BCUT2D eigenvalue weighted by Gasteiger charge is 2.31. The van der Waals surface area contributed by atoms with E-state index in [1.54, 1.807) is 11.9 Å². The summed E-state index contributed by atoms with van der Waals surface area (Å²) in [7, 11) is 1.81. The molecular formula is C14H19BrN2O2. The van der Waals surface area contributed by atoms with Crippen molar-refractivity contribution in [3.05, 3.63) is 27.7 Å². The van der Waals surface area contributed by atoms with Crippen molar-refractivity contribution >= 4 is 21.8 Å². The summed E-state index contributed by atoms with van der Waals surface area (Å²) in [6, 6.07) is 4.01. The van der Waals surface area contributed by atoms with Gasteiger partial charge >= 0.3 is 0 Å². The molecule has 1 amide bonds. The summed E-state index contributed by atoms with van der Waals surface area (Å²) < 4.78 is 6.97. The number of likely N-dealkylation sites (tertiary alicyclic amines) is 1. The van der Waals surface area contributed by atoms with Crippen molar-refractivity contribution in [2.45, 2.75) is 25.9 Å². The minimum absolute atomic E-state index is 0.0565. The number of halogens is 1. The van der Waals surface area contributed by atoms with Gasteiger partial charge in [-0.15, -0.1) is 0 Å². The third-order valence-electron chi connectivity index (χ3n) is 3.37. The van der Waals surface area contributed by atoms with Crippen LogP contribution >= 0.6 is 15.9 Å². The zero-order chi connectivity index (χ0) is 14.0. The van der Waals surface area contributed by atoms with Crippen molar-refractivity contribution in [3.63, 3.8) is 0 Å². The Bertz CT molecular complexity index is 491. The molecule has 1 heterocycles. The Morgan fingerprint density at radius 3 is 2.84 bits per heavy atom. The maximum absolute atomic E-state index is 11.9. The lowest BCUT2D eigenvalue weighted by Gasteiger charge is -2.18. The Labute approximate surface area is 122 Å². The van der Waals surface area contributed by atoms with Gasteiger partial charge in [-0.25, -0.2) is 0 Å². The number of likely N-dealkylation sites (N-methyl/N-ethyl adjacent to an activating group) is 1. The van der Waals surface area contributed by atoms with Crippen LogP contribution in [0.2, 0.25) is 0 Å². The number of amides is 1. The van der Waals surface area contributed by atoms with E-state index >= 15 is 0 Å². The quantitative estimate of drug-likeness (QED) is 0.918. The van der Waals surface area contributed by atoms with Crippen molar-refractivity contribution in [3.8, 4) is 5.75 Å². The molecule has 0 saturated carbocycles. The lowest BCUT2D eigenvalue weighted by atomic mass is 10.1. The minimum Gasteiger partial charge on any atom is -0.480 e. The smallest absolute Gasteiger partial charge is 0.263 e. The predicted octanol–water partition coefficient (Wildman–Crippen LogP) is 1.87. The van der Waals surface area contributed by atoms with Crippen LogP contribution in [0.5, 0.6) is 5.75 Å². The molecule has 104 valence electrons. The zero-order valence-electron chi connectivity index (χ0n) is 11.3. The van der Waals surface area contributed by atoms with Crippen LogP contribution in [0, 0.1) is 6.92 Å². The number of hydrogen-bond donors (Lipinski definition) is 1. The van der Waals surface area contributed by atoms with E-state index in [1.165, 1.54) is 0 Å². The highest BCUT2D eigenvalue weighted by Crippen LogP contribution is 2.30. The van der Waals surface area contributed by atoms with E-state index in [0.29, 0.717) is 6.54 Å². The Hall–Kier alpha value is -1.07. The van der Waals surface area contributed by atoms with Gasteiger partial charge in [0.25, 0.3) is 5.91 Å². The molecule has 0 spiro atoms. The summed E-state index contributed by atoms with van der Waals surface area (Å²) in [4.78, 5) is 13.6. The number of carbonyl (C=O) groups is 1. The van der Waals surface area contributed by atoms with Crippen LogP contribution < -0.4 is 10.5 Å². The molecule has 1 atom stereocenters.